The molecule has 4 aromatic carbocycles. The van der Waals surface area contributed by atoms with Gasteiger partial charge in [-0.25, -0.2) is 4.79 Å². The monoisotopic (exact) mass is 496 g/mol. The fourth-order valence-corrected chi connectivity index (χ4v) is 3.72. The Kier molecular flexibility index (Phi) is 7.64. The van der Waals surface area contributed by atoms with E-state index in [0.717, 1.165) is 16.3 Å². The van der Waals surface area contributed by atoms with E-state index in [9.17, 15) is 14.9 Å². The molecule has 0 aliphatic heterocycles. The second kappa shape index (κ2) is 11.2. The van der Waals surface area contributed by atoms with Crippen LogP contribution in [0.5, 0.6) is 5.75 Å². The molecular formula is C29H21ClN2O4. The first-order valence-electron chi connectivity index (χ1n) is 11.0. The molecule has 0 spiro atoms. The van der Waals surface area contributed by atoms with Gasteiger partial charge in [-0.05, 0) is 64.9 Å². The molecule has 0 aliphatic rings. The number of benzene rings is 4. The van der Waals surface area contributed by atoms with Crippen molar-refractivity contribution in [1.29, 1.82) is 5.26 Å². The van der Waals surface area contributed by atoms with Gasteiger partial charge in [-0.2, -0.15) is 5.26 Å². The number of esters is 1. The Morgan fingerprint density at radius 1 is 0.972 bits per heavy atom. The van der Waals surface area contributed by atoms with Crippen LogP contribution in [0.3, 0.4) is 0 Å². The van der Waals surface area contributed by atoms with Gasteiger partial charge in [-0.15, -0.1) is 0 Å². The van der Waals surface area contributed by atoms with Gasteiger partial charge in [0.1, 0.15) is 24.0 Å². The third-order valence-corrected chi connectivity index (χ3v) is 5.71. The number of nitriles is 1. The highest BCUT2D eigenvalue weighted by Crippen LogP contribution is 2.31. The van der Waals surface area contributed by atoms with Gasteiger partial charge in [0.25, 0.3) is 5.91 Å². The third kappa shape index (κ3) is 5.72. The number of amides is 1. The summed E-state index contributed by atoms with van der Waals surface area (Å²) in [6.07, 6.45) is 1.53. The number of methoxy groups -OCH3 is 1. The standard InChI is InChI=1S/C29H21ClN2O4/c1-35-29(34)21-8-13-24(14-9-21)32-28(33)22(17-31)16-26-25-5-3-2-4-20(25)10-15-27(26)36-18-19-6-11-23(30)12-7-19/h2-16H,18H2,1H3,(H,32,33)/b22-16+. The maximum Gasteiger partial charge on any atom is 0.337 e. The molecule has 0 saturated carbocycles. The minimum Gasteiger partial charge on any atom is -0.488 e. The summed E-state index contributed by atoms with van der Waals surface area (Å²) in [4.78, 5) is 24.6. The Labute approximate surface area is 213 Å². The van der Waals surface area contributed by atoms with Gasteiger partial charge >= 0.3 is 5.97 Å². The highest BCUT2D eigenvalue weighted by atomic mass is 35.5. The van der Waals surface area contributed by atoms with Gasteiger partial charge in [0.15, 0.2) is 0 Å². The first kappa shape index (κ1) is 24.5. The van der Waals surface area contributed by atoms with Gasteiger partial charge in [0.2, 0.25) is 0 Å². The number of anilines is 1. The van der Waals surface area contributed by atoms with Crippen LogP contribution in [0.4, 0.5) is 5.69 Å². The maximum atomic E-state index is 12.9. The SMILES string of the molecule is COC(=O)c1ccc(NC(=O)/C(C#N)=C/c2c(OCc3ccc(Cl)cc3)ccc3ccccc23)cc1. The number of ether oxygens (including phenoxy) is 2. The number of hydrogen-bond acceptors (Lipinski definition) is 5. The lowest BCUT2D eigenvalue weighted by Crippen LogP contribution is -2.13. The summed E-state index contributed by atoms with van der Waals surface area (Å²) in [7, 11) is 1.29. The molecule has 7 heteroatoms. The van der Waals surface area contributed by atoms with E-state index in [2.05, 4.69) is 10.1 Å². The third-order valence-electron chi connectivity index (χ3n) is 5.46. The summed E-state index contributed by atoms with van der Waals surface area (Å²) in [5, 5.41) is 14.9. The normalized spacial score (nSPS) is 11.0. The van der Waals surface area contributed by atoms with Crippen molar-refractivity contribution < 1.29 is 19.1 Å². The molecule has 1 N–H and O–H groups in total. The molecule has 4 rings (SSSR count). The van der Waals surface area contributed by atoms with Crippen molar-refractivity contribution in [3.63, 3.8) is 0 Å². The molecular weight excluding hydrogens is 476 g/mol. The van der Waals surface area contributed by atoms with Crippen LogP contribution in [-0.4, -0.2) is 19.0 Å². The van der Waals surface area contributed by atoms with Crippen LogP contribution in [0.2, 0.25) is 5.02 Å². The van der Waals surface area contributed by atoms with Crippen molar-refractivity contribution in [3.8, 4) is 11.8 Å². The molecule has 0 unspecified atom stereocenters. The van der Waals surface area contributed by atoms with Gasteiger partial charge in [0, 0.05) is 16.3 Å². The van der Waals surface area contributed by atoms with Crippen LogP contribution in [0.25, 0.3) is 16.8 Å². The zero-order valence-corrected chi connectivity index (χ0v) is 20.1. The molecule has 0 atom stereocenters. The van der Waals surface area contributed by atoms with Crippen LogP contribution in [-0.2, 0) is 16.1 Å². The number of carbonyl (C=O) groups is 2. The zero-order valence-electron chi connectivity index (χ0n) is 19.3. The van der Waals surface area contributed by atoms with Crippen LogP contribution >= 0.6 is 11.6 Å². The summed E-state index contributed by atoms with van der Waals surface area (Å²) in [6.45, 7) is 0.289. The first-order valence-corrected chi connectivity index (χ1v) is 11.4. The lowest BCUT2D eigenvalue weighted by molar-refractivity contribution is -0.112. The average molecular weight is 497 g/mol. The number of halogens is 1. The number of hydrogen-bond donors (Lipinski definition) is 1. The maximum absolute atomic E-state index is 12.9. The van der Waals surface area contributed by atoms with E-state index in [1.54, 1.807) is 24.3 Å². The molecule has 0 aromatic heterocycles. The summed E-state index contributed by atoms with van der Waals surface area (Å²) in [5.74, 6) is -0.529. The van der Waals surface area contributed by atoms with E-state index in [-0.39, 0.29) is 12.2 Å². The van der Waals surface area contributed by atoms with E-state index in [0.29, 0.717) is 27.6 Å². The van der Waals surface area contributed by atoms with E-state index in [1.165, 1.54) is 25.3 Å². The van der Waals surface area contributed by atoms with Crippen molar-refractivity contribution in [2.75, 3.05) is 12.4 Å². The molecule has 4 aromatic rings. The molecule has 0 radical (unpaired) electrons. The largest absolute Gasteiger partial charge is 0.488 e. The molecule has 0 fully saturated rings. The van der Waals surface area contributed by atoms with Crippen molar-refractivity contribution >= 4 is 46.0 Å². The number of nitrogens with zero attached hydrogens (tertiary/aromatic N) is 1. The van der Waals surface area contributed by atoms with Crippen molar-refractivity contribution in [3.05, 3.63) is 112 Å². The predicted molar refractivity (Wildman–Crippen MR) is 140 cm³/mol. The molecule has 0 saturated heterocycles. The van der Waals surface area contributed by atoms with Gasteiger partial charge < -0.3 is 14.8 Å². The number of carbonyl (C=O) groups excluding carboxylic acids is 2. The highest BCUT2D eigenvalue weighted by Gasteiger charge is 2.14. The number of nitrogens with one attached hydrogen (secondary N) is 1. The molecule has 0 aliphatic carbocycles. The Balaban J connectivity index is 1.64. The average Bonchev–Trinajstić information content (AvgIpc) is 2.91. The lowest BCUT2D eigenvalue weighted by atomic mass is 10.0. The lowest BCUT2D eigenvalue weighted by Gasteiger charge is -2.13. The molecule has 0 heterocycles. The van der Waals surface area contributed by atoms with E-state index in [4.69, 9.17) is 16.3 Å². The quantitative estimate of drug-likeness (QED) is 0.181. The summed E-state index contributed by atoms with van der Waals surface area (Å²) in [6, 6.07) is 26.9. The molecule has 6 nitrogen and oxygen atoms in total. The minimum atomic E-state index is -0.583. The minimum absolute atomic E-state index is 0.0975. The van der Waals surface area contributed by atoms with E-state index >= 15 is 0 Å². The summed E-state index contributed by atoms with van der Waals surface area (Å²) in [5.41, 5.74) is 2.24. The van der Waals surface area contributed by atoms with Crippen LogP contribution in [0.1, 0.15) is 21.5 Å². The second-order valence-electron chi connectivity index (χ2n) is 7.81. The zero-order chi connectivity index (χ0) is 25.5. The van der Waals surface area contributed by atoms with Gasteiger partial charge in [-0.3, -0.25) is 4.79 Å². The highest BCUT2D eigenvalue weighted by molar-refractivity contribution is 6.30. The molecule has 36 heavy (non-hydrogen) atoms. The number of fused-ring (bicyclic) bond motifs is 1. The van der Waals surface area contributed by atoms with Crippen LogP contribution in [0, 0.1) is 11.3 Å². The Morgan fingerprint density at radius 2 is 1.69 bits per heavy atom. The topological polar surface area (TPSA) is 88.4 Å². The Morgan fingerprint density at radius 3 is 2.39 bits per heavy atom. The van der Waals surface area contributed by atoms with Crippen molar-refractivity contribution in [1.82, 2.24) is 0 Å². The summed E-state index contributed by atoms with van der Waals surface area (Å²) >= 11 is 5.97. The van der Waals surface area contributed by atoms with E-state index < -0.39 is 11.9 Å². The fraction of sp³-hybridized carbons (Fsp3) is 0.0690. The predicted octanol–water partition coefficient (Wildman–Crippen LogP) is 6.40. The van der Waals surface area contributed by atoms with Crippen molar-refractivity contribution in [2.24, 2.45) is 0 Å². The smallest absolute Gasteiger partial charge is 0.337 e. The molecule has 1 amide bonds. The van der Waals surface area contributed by atoms with E-state index in [1.807, 2.05) is 54.6 Å². The number of rotatable bonds is 7. The van der Waals surface area contributed by atoms with Crippen LogP contribution in [0.15, 0.2) is 90.5 Å². The Hall–Kier alpha value is -4.60. The molecule has 178 valence electrons. The first-order chi connectivity index (χ1) is 17.5. The van der Waals surface area contributed by atoms with Crippen LogP contribution < -0.4 is 10.1 Å². The Bertz CT molecular complexity index is 1490. The van der Waals surface area contributed by atoms with Crippen molar-refractivity contribution in [2.45, 2.75) is 6.61 Å². The van der Waals surface area contributed by atoms with Gasteiger partial charge in [-0.1, -0.05) is 54.1 Å². The summed E-state index contributed by atoms with van der Waals surface area (Å²) < 4.78 is 10.8. The molecule has 0 bridgehead atoms. The van der Waals surface area contributed by atoms with Gasteiger partial charge in [0.05, 0.1) is 12.7 Å². The fourth-order valence-electron chi connectivity index (χ4n) is 3.59. The second-order valence-corrected chi connectivity index (χ2v) is 8.24.